The SMILES string of the molecule is CCOc1ccccc1[C@H](C(=O)NC1CCCC1)N(C(=O)Cn1nnc2ccccc21)c1ccc(C(C)=O)cc1. The molecule has 1 heterocycles. The van der Waals surface area contributed by atoms with E-state index in [9.17, 15) is 14.4 Å². The van der Waals surface area contributed by atoms with Gasteiger partial charge in [-0.1, -0.05) is 48.4 Å². The van der Waals surface area contributed by atoms with Gasteiger partial charge in [0.15, 0.2) is 5.78 Å². The van der Waals surface area contributed by atoms with Crippen LogP contribution in [0, 0.1) is 0 Å². The molecule has 1 saturated carbocycles. The summed E-state index contributed by atoms with van der Waals surface area (Å²) in [5.74, 6) is -0.202. The fourth-order valence-corrected chi connectivity index (χ4v) is 5.27. The molecule has 5 rings (SSSR count). The number of Topliss-reactive ketones (excluding diaryl/α,β-unsaturated/α-hetero) is 1. The van der Waals surface area contributed by atoms with Crippen LogP contribution in [0.3, 0.4) is 0 Å². The summed E-state index contributed by atoms with van der Waals surface area (Å²) in [6.45, 7) is 3.63. The zero-order chi connectivity index (χ0) is 28.1. The van der Waals surface area contributed by atoms with Gasteiger partial charge < -0.3 is 10.1 Å². The first-order chi connectivity index (χ1) is 19.5. The zero-order valence-corrected chi connectivity index (χ0v) is 22.7. The van der Waals surface area contributed by atoms with E-state index in [1.54, 1.807) is 30.3 Å². The quantitative estimate of drug-likeness (QED) is 0.288. The summed E-state index contributed by atoms with van der Waals surface area (Å²) in [7, 11) is 0. The number of para-hydroxylation sites is 2. The van der Waals surface area contributed by atoms with Crippen LogP contribution >= 0.6 is 0 Å². The number of anilines is 1. The summed E-state index contributed by atoms with van der Waals surface area (Å²) in [5.41, 5.74) is 2.96. The Balaban J connectivity index is 1.61. The minimum absolute atomic E-state index is 0.0468. The molecule has 9 nitrogen and oxygen atoms in total. The standard InChI is InChI=1S/C31H33N5O4/c1-3-40-28-15-9-6-12-25(28)30(31(39)32-23-10-4-5-11-23)36(24-18-16-22(17-19-24)21(2)37)29(38)20-35-27-14-8-7-13-26(27)33-34-35/h6-9,12-19,23,30H,3-5,10-11,20H2,1-2H3,(H,32,39)/t30-/m1/s1. The summed E-state index contributed by atoms with van der Waals surface area (Å²) >= 11 is 0. The number of carbonyl (C=O) groups excluding carboxylic acids is 3. The Morgan fingerprint density at radius 1 is 1.00 bits per heavy atom. The molecule has 0 saturated heterocycles. The number of ketones is 1. The Morgan fingerprint density at radius 2 is 1.70 bits per heavy atom. The largest absolute Gasteiger partial charge is 0.493 e. The smallest absolute Gasteiger partial charge is 0.249 e. The van der Waals surface area contributed by atoms with Crippen LogP contribution in [-0.2, 0) is 16.1 Å². The van der Waals surface area contributed by atoms with Gasteiger partial charge in [0.1, 0.15) is 23.9 Å². The number of hydrogen-bond acceptors (Lipinski definition) is 6. The highest BCUT2D eigenvalue weighted by atomic mass is 16.5. The van der Waals surface area contributed by atoms with E-state index in [2.05, 4.69) is 15.6 Å². The van der Waals surface area contributed by atoms with Crippen molar-refractivity contribution in [3.63, 3.8) is 0 Å². The van der Waals surface area contributed by atoms with Crippen molar-refractivity contribution in [1.82, 2.24) is 20.3 Å². The van der Waals surface area contributed by atoms with Crippen molar-refractivity contribution in [2.75, 3.05) is 11.5 Å². The molecule has 2 amide bonds. The lowest BCUT2D eigenvalue weighted by molar-refractivity contribution is -0.127. The third kappa shape index (κ3) is 5.73. The Labute approximate surface area is 233 Å². The van der Waals surface area contributed by atoms with Crippen LogP contribution in [0.1, 0.15) is 61.5 Å². The van der Waals surface area contributed by atoms with Gasteiger partial charge in [0.2, 0.25) is 11.8 Å². The summed E-state index contributed by atoms with van der Waals surface area (Å²) in [6.07, 6.45) is 3.91. The number of nitrogens with zero attached hydrogens (tertiary/aromatic N) is 4. The number of carbonyl (C=O) groups is 3. The Kier molecular flexibility index (Phi) is 8.19. The summed E-state index contributed by atoms with van der Waals surface area (Å²) in [4.78, 5) is 41.8. The molecule has 3 aromatic carbocycles. The number of fused-ring (bicyclic) bond motifs is 1. The number of benzene rings is 3. The van der Waals surface area contributed by atoms with E-state index >= 15 is 0 Å². The molecular formula is C31H33N5O4. The normalized spacial score (nSPS) is 14.2. The molecule has 1 fully saturated rings. The molecule has 206 valence electrons. The maximum Gasteiger partial charge on any atom is 0.249 e. The highest BCUT2D eigenvalue weighted by Crippen LogP contribution is 2.35. The van der Waals surface area contributed by atoms with E-state index in [4.69, 9.17) is 4.74 Å². The lowest BCUT2D eigenvalue weighted by Gasteiger charge is -2.33. The maximum atomic E-state index is 14.2. The van der Waals surface area contributed by atoms with Gasteiger partial charge >= 0.3 is 0 Å². The molecule has 9 heteroatoms. The first kappa shape index (κ1) is 27.1. The maximum absolute atomic E-state index is 14.2. The van der Waals surface area contributed by atoms with Gasteiger partial charge in [-0.2, -0.15) is 0 Å². The number of ether oxygens (including phenoxy) is 1. The van der Waals surface area contributed by atoms with Gasteiger partial charge in [0.05, 0.1) is 12.1 Å². The molecular weight excluding hydrogens is 506 g/mol. The van der Waals surface area contributed by atoms with Crippen molar-refractivity contribution in [3.05, 3.63) is 83.9 Å². The van der Waals surface area contributed by atoms with E-state index < -0.39 is 6.04 Å². The monoisotopic (exact) mass is 539 g/mol. The van der Waals surface area contributed by atoms with Gasteiger partial charge in [-0.25, -0.2) is 4.68 Å². The predicted octanol–water partition coefficient (Wildman–Crippen LogP) is 4.87. The molecule has 0 spiro atoms. The molecule has 1 aromatic heterocycles. The lowest BCUT2D eigenvalue weighted by atomic mass is 10.0. The molecule has 1 aliphatic carbocycles. The van der Waals surface area contributed by atoms with Gasteiger partial charge in [0.25, 0.3) is 0 Å². The average molecular weight is 540 g/mol. The van der Waals surface area contributed by atoms with Crippen LogP contribution in [0.2, 0.25) is 0 Å². The van der Waals surface area contributed by atoms with Gasteiger partial charge in [-0.3, -0.25) is 19.3 Å². The number of aromatic nitrogens is 3. The number of amides is 2. The number of hydrogen-bond donors (Lipinski definition) is 1. The minimum atomic E-state index is -1.02. The second kappa shape index (κ2) is 12.1. The Bertz CT molecular complexity index is 1510. The molecule has 0 unspecified atom stereocenters. The Hall–Kier alpha value is -4.53. The van der Waals surface area contributed by atoms with E-state index in [0.29, 0.717) is 40.2 Å². The fourth-order valence-electron chi connectivity index (χ4n) is 5.27. The lowest BCUT2D eigenvalue weighted by Crippen LogP contribution is -2.47. The minimum Gasteiger partial charge on any atom is -0.493 e. The first-order valence-corrected chi connectivity index (χ1v) is 13.7. The molecule has 40 heavy (non-hydrogen) atoms. The summed E-state index contributed by atoms with van der Waals surface area (Å²) < 4.78 is 7.46. The molecule has 0 bridgehead atoms. The van der Waals surface area contributed by atoms with E-state index in [-0.39, 0.29) is 30.2 Å². The van der Waals surface area contributed by atoms with Crippen LogP contribution < -0.4 is 15.0 Å². The van der Waals surface area contributed by atoms with Crippen LogP contribution in [0.5, 0.6) is 5.75 Å². The van der Waals surface area contributed by atoms with Crippen molar-refractivity contribution in [3.8, 4) is 5.75 Å². The van der Waals surface area contributed by atoms with E-state index in [1.165, 1.54) is 16.5 Å². The molecule has 1 atom stereocenters. The average Bonchev–Trinajstić information content (AvgIpc) is 3.62. The summed E-state index contributed by atoms with van der Waals surface area (Å²) in [6, 6.07) is 20.5. The molecule has 4 aromatic rings. The molecule has 1 N–H and O–H groups in total. The second-order valence-corrected chi connectivity index (χ2v) is 9.97. The predicted molar refractivity (Wildman–Crippen MR) is 152 cm³/mol. The molecule has 1 aliphatic rings. The van der Waals surface area contributed by atoms with Crippen molar-refractivity contribution in [1.29, 1.82) is 0 Å². The van der Waals surface area contributed by atoms with Crippen molar-refractivity contribution < 1.29 is 19.1 Å². The van der Waals surface area contributed by atoms with Crippen LogP contribution in [-0.4, -0.2) is 45.2 Å². The fraction of sp³-hybridized carbons (Fsp3) is 0.323. The van der Waals surface area contributed by atoms with E-state index in [0.717, 1.165) is 25.7 Å². The van der Waals surface area contributed by atoms with Crippen LogP contribution in [0.25, 0.3) is 11.0 Å². The van der Waals surface area contributed by atoms with E-state index in [1.807, 2.05) is 49.4 Å². The van der Waals surface area contributed by atoms with Crippen LogP contribution in [0.4, 0.5) is 5.69 Å². The van der Waals surface area contributed by atoms with Gasteiger partial charge in [-0.15, -0.1) is 5.10 Å². The van der Waals surface area contributed by atoms with Gasteiger partial charge in [0, 0.05) is 22.9 Å². The zero-order valence-electron chi connectivity index (χ0n) is 22.7. The third-order valence-corrected chi connectivity index (χ3v) is 7.25. The molecule has 0 aliphatic heterocycles. The summed E-state index contributed by atoms with van der Waals surface area (Å²) in [5, 5.41) is 11.6. The van der Waals surface area contributed by atoms with Crippen molar-refractivity contribution in [2.45, 2.75) is 58.2 Å². The van der Waals surface area contributed by atoms with Crippen molar-refractivity contribution >= 4 is 34.3 Å². The van der Waals surface area contributed by atoms with Crippen LogP contribution in [0.15, 0.2) is 72.8 Å². The highest BCUT2D eigenvalue weighted by molar-refractivity contribution is 6.02. The molecule has 0 radical (unpaired) electrons. The van der Waals surface area contributed by atoms with Crippen molar-refractivity contribution in [2.24, 2.45) is 0 Å². The number of rotatable bonds is 10. The third-order valence-electron chi connectivity index (χ3n) is 7.25. The topological polar surface area (TPSA) is 106 Å². The van der Waals surface area contributed by atoms with Gasteiger partial charge in [-0.05, 0) is 69.2 Å². The second-order valence-electron chi connectivity index (χ2n) is 9.97. The Morgan fingerprint density at radius 3 is 2.42 bits per heavy atom. The number of nitrogens with one attached hydrogen (secondary N) is 1. The first-order valence-electron chi connectivity index (χ1n) is 13.7. The highest BCUT2D eigenvalue weighted by Gasteiger charge is 2.36.